The van der Waals surface area contributed by atoms with Gasteiger partial charge in [-0.25, -0.2) is 4.79 Å². The Morgan fingerprint density at radius 2 is 1.63 bits per heavy atom. The molecule has 2 N–H and O–H groups in total. The van der Waals surface area contributed by atoms with Crippen molar-refractivity contribution in [1.29, 1.82) is 0 Å². The third kappa shape index (κ3) is 4.64. The number of carboxylic acid groups (broad SMARTS) is 1. The van der Waals surface area contributed by atoms with Crippen LogP contribution in [0.2, 0.25) is 0 Å². The van der Waals surface area contributed by atoms with E-state index in [0.717, 1.165) is 25.7 Å². The summed E-state index contributed by atoms with van der Waals surface area (Å²) in [6.07, 6.45) is 3.70. The number of hydrogen-bond acceptors (Lipinski definition) is 4. The number of hydrogen-bond donors (Lipinski definition) is 2. The van der Waals surface area contributed by atoms with E-state index in [1.165, 1.54) is 22.3 Å². The number of rotatable bonds is 9. The van der Waals surface area contributed by atoms with Gasteiger partial charge in [-0.2, -0.15) is 0 Å². The minimum absolute atomic E-state index is 0.00610. The monoisotopic (exact) mass is 476 g/mol. The second-order valence-corrected chi connectivity index (χ2v) is 10.2. The van der Waals surface area contributed by atoms with Crippen LogP contribution in [0.3, 0.4) is 0 Å². The van der Waals surface area contributed by atoms with E-state index in [9.17, 15) is 14.4 Å². The van der Waals surface area contributed by atoms with Gasteiger partial charge in [0.05, 0.1) is 5.41 Å². The summed E-state index contributed by atoms with van der Waals surface area (Å²) >= 11 is 0. The van der Waals surface area contributed by atoms with Crippen LogP contribution < -0.4 is 5.32 Å². The molecule has 2 aromatic rings. The summed E-state index contributed by atoms with van der Waals surface area (Å²) < 4.78 is 5.64. The molecule has 7 nitrogen and oxygen atoms in total. The molecule has 0 unspecified atom stereocenters. The Kier molecular flexibility index (Phi) is 6.50. The molecule has 1 saturated heterocycles. The van der Waals surface area contributed by atoms with Gasteiger partial charge in [-0.1, -0.05) is 55.0 Å². The molecule has 1 saturated carbocycles. The standard InChI is InChI=1S/C28H32N2O5/c31-25(32)12-5-7-19-15-30(16-19)26(33)28(13-6-14-28)18-29-27(34)35-17-24-22-10-3-1-8-20(22)21-9-2-4-11-23(21)24/h1-4,8-11,19,24H,5-7,12-18H2,(H,29,34)(H,31,32). The molecular weight excluding hydrogens is 444 g/mol. The first-order valence-corrected chi connectivity index (χ1v) is 12.6. The third-order valence-corrected chi connectivity index (χ3v) is 7.93. The van der Waals surface area contributed by atoms with Gasteiger partial charge in [-0.3, -0.25) is 9.59 Å². The number of benzene rings is 2. The average molecular weight is 477 g/mol. The van der Waals surface area contributed by atoms with Gasteiger partial charge in [0.2, 0.25) is 5.91 Å². The summed E-state index contributed by atoms with van der Waals surface area (Å²) in [5, 5.41) is 11.7. The lowest BCUT2D eigenvalue weighted by molar-refractivity contribution is -0.154. The SMILES string of the molecule is O=C(O)CCCC1CN(C(=O)C2(CNC(=O)OCC3c4ccccc4-c4ccccc43)CCC2)C1. The van der Waals surface area contributed by atoms with Crippen LogP contribution in [0.5, 0.6) is 0 Å². The molecule has 35 heavy (non-hydrogen) atoms. The quantitative estimate of drug-likeness (QED) is 0.559. The second-order valence-electron chi connectivity index (χ2n) is 10.2. The number of aliphatic carboxylic acids is 1. The van der Waals surface area contributed by atoms with Gasteiger partial charge in [0.1, 0.15) is 6.61 Å². The van der Waals surface area contributed by atoms with Gasteiger partial charge in [0.15, 0.2) is 0 Å². The van der Waals surface area contributed by atoms with Crippen LogP contribution in [0.1, 0.15) is 55.6 Å². The van der Waals surface area contributed by atoms with E-state index >= 15 is 0 Å². The maximum Gasteiger partial charge on any atom is 0.407 e. The molecule has 0 bridgehead atoms. The van der Waals surface area contributed by atoms with Crippen LogP contribution in [-0.2, 0) is 14.3 Å². The molecule has 184 valence electrons. The Morgan fingerprint density at radius 3 is 2.20 bits per heavy atom. The van der Waals surface area contributed by atoms with E-state index in [0.29, 0.717) is 32.0 Å². The largest absolute Gasteiger partial charge is 0.481 e. The van der Waals surface area contributed by atoms with Crippen LogP contribution in [0.4, 0.5) is 4.79 Å². The Morgan fingerprint density at radius 1 is 1.00 bits per heavy atom. The van der Waals surface area contributed by atoms with Gasteiger partial charge in [0.25, 0.3) is 0 Å². The molecule has 1 heterocycles. The van der Waals surface area contributed by atoms with E-state index in [2.05, 4.69) is 29.6 Å². The predicted octanol–water partition coefficient (Wildman–Crippen LogP) is 4.41. The smallest absolute Gasteiger partial charge is 0.407 e. The van der Waals surface area contributed by atoms with Crippen molar-refractivity contribution < 1.29 is 24.2 Å². The van der Waals surface area contributed by atoms with Gasteiger partial charge in [-0.05, 0) is 53.9 Å². The highest BCUT2D eigenvalue weighted by molar-refractivity contribution is 5.85. The zero-order valence-corrected chi connectivity index (χ0v) is 19.9. The molecule has 7 heteroatoms. The van der Waals surface area contributed by atoms with E-state index in [4.69, 9.17) is 9.84 Å². The Balaban J connectivity index is 1.12. The summed E-state index contributed by atoms with van der Waals surface area (Å²) in [5.74, 6) is -0.278. The molecule has 0 aromatic heterocycles. The minimum atomic E-state index is -0.773. The van der Waals surface area contributed by atoms with Crippen LogP contribution in [-0.4, -0.2) is 54.2 Å². The molecule has 0 radical (unpaired) electrons. The Hall–Kier alpha value is -3.35. The molecule has 0 atom stereocenters. The topological polar surface area (TPSA) is 95.9 Å². The highest BCUT2D eigenvalue weighted by atomic mass is 16.5. The van der Waals surface area contributed by atoms with Crippen molar-refractivity contribution in [3.8, 4) is 11.1 Å². The van der Waals surface area contributed by atoms with E-state index in [1.54, 1.807) is 0 Å². The summed E-state index contributed by atoms with van der Waals surface area (Å²) in [6, 6.07) is 16.5. The van der Waals surface area contributed by atoms with Crippen molar-refractivity contribution in [2.24, 2.45) is 11.3 Å². The number of carboxylic acids is 1. The molecule has 2 aliphatic carbocycles. The van der Waals surface area contributed by atoms with Crippen LogP contribution in [0, 0.1) is 11.3 Å². The van der Waals surface area contributed by atoms with Crippen molar-refractivity contribution in [3.05, 3.63) is 59.7 Å². The Bertz CT molecular complexity index is 1070. The lowest BCUT2D eigenvalue weighted by Gasteiger charge is -2.48. The summed E-state index contributed by atoms with van der Waals surface area (Å²) in [6.45, 7) is 1.92. The summed E-state index contributed by atoms with van der Waals surface area (Å²) in [5.41, 5.74) is 4.18. The molecular formula is C28H32N2O5. The molecule has 5 rings (SSSR count). The number of nitrogens with zero attached hydrogens (tertiary/aromatic N) is 1. The highest BCUT2D eigenvalue weighted by Crippen LogP contribution is 2.45. The van der Waals surface area contributed by atoms with Crippen molar-refractivity contribution in [3.63, 3.8) is 0 Å². The second kappa shape index (κ2) is 9.72. The first-order chi connectivity index (χ1) is 17.0. The Labute approximate surface area is 205 Å². The number of nitrogens with one attached hydrogen (secondary N) is 1. The fraction of sp³-hybridized carbons (Fsp3) is 0.464. The van der Waals surface area contributed by atoms with Gasteiger partial charge in [-0.15, -0.1) is 0 Å². The van der Waals surface area contributed by atoms with E-state index in [-0.39, 0.29) is 24.9 Å². The lowest BCUT2D eigenvalue weighted by Crippen LogP contribution is -2.59. The van der Waals surface area contributed by atoms with Crippen LogP contribution >= 0.6 is 0 Å². The fourth-order valence-corrected chi connectivity index (χ4v) is 5.76. The normalized spacial score (nSPS) is 18.1. The number of amides is 2. The van der Waals surface area contributed by atoms with Crippen LogP contribution in [0.15, 0.2) is 48.5 Å². The van der Waals surface area contributed by atoms with Crippen molar-refractivity contribution in [2.45, 2.75) is 44.4 Å². The maximum absolute atomic E-state index is 13.2. The summed E-state index contributed by atoms with van der Waals surface area (Å²) in [4.78, 5) is 38.3. The van der Waals surface area contributed by atoms with Crippen molar-refractivity contribution >= 4 is 18.0 Å². The number of carbonyl (C=O) groups excluding carboxylic acids is 2. The van der Waals surface area contributed by atoms with Gasteiger partial charge < -0.3 is 20.1 Å². The zero-order chi connectivity index (χ0) is 24.4. The predicted molar refractivity (Wildman–Crippen MR) is 131 cm³/mol. The number of ether oxygens (including phenoxy) is 1. The zero-order valence-electron chi connectivity index (χ0n) is 19.9. The third-order valence-electron chi connectivity index (χ3n) is 7.93. The lowest BCUT2D eigenvalue weighted by atomic mass is 9.67. The first-order valence-electron chi connectivity index (χ1n) is 12.6. The highest BCUT2D eigenvalue weighted by Gasteiger charge is 2.48. The van der Waals surface area contributed by atoms with E-state index in [1.807, 2.05) is 29.2 Å². The number of likely N-dealkylation sites (tertiary alicyclic amines) is 1. The summed E-state index contributed by atoms with van der Waals surface area (Å²) in [7, 11) is 0. The minimum Gasteiger partial charge on any atom is -0.481 e. The average Bonchev–Trinajstić information content (AvgIpc) is 3.12. The molecule has 3 aliphatic rings. The number of carbonyl (C=O) groups is 3. The molecule has 2 fully saturated rings. The van der Waals surface area contributed by atoms with Crippen molar-refractivity contribution in [1.82, 2.24) is 10.2 Å². The molecule has 2 amide bonds. The fourth-order valence-electron chi connectivity index (χ4n) is 5.76. The molecule has 1 aliphatic heterocycles. The van der Waals surface area contributed by atoms with Crippen molar-refractivity contribution in [2.75, 3.05) is 26.2 Å². The van der Waals surface area contributed by atoms with Crippen LogP contribution in [0.25, 0.3) is 11.1 Å². The van der Waals surface area contributed by atoms with Gasteiger partial charge in [0, 0.05) is 32.0 Å². The van der Waals surface area contributed by atoms with Gasteiger partial charge >= 0.3 is 12.1 Å². The van der Waals surface area contributed by atoms with E-state index < -0.39 is 17.5 Å². The first kappa shape index (κ1) is 23.4. The maximum atomic E-state index is 13.2. The molecule has 0 spiro atoms. The molecule has 2 aromatic carbocycles. The number of fused-ring (bicyclic) bond motifs is 3. The number of alkyl carbamates (subject to hydrolysis) is 1.